The second-order valence-corrected chi connectivity index (χ2v) is 20.5. The molecule has 0 aromatic heterocycles. The van der Waals surface area contributed by atoms with Gasteiger partial charge in [0.05, 0.1) is 61.4 Å². The Hall–Kier alpha value is -7.57. The Morgan fingerprint density at radius 3 is 2.14 bits per heavy atom. The fourth-order valence-corrected chi connectivity index (χ4v) is 11.2. The van der Waals surface area contributed by atoms with Gasteiger partial charge in [0.15, 0.2) is 17.9 Å². The Balaban J connectivity index is 0.921. The van der Waals surface area contributed by atoms with Gasteiger partial charge in [0, 0.05) is 55.0 Å². The smallest absolute Gasteiger partial charge is 0.307 e. The molecule has 9 N–H and O–H groups in total. The van der Waals surface area contributed by atoms with E-state index in [2.05, 4.69) is 22.5 Å². The number of ether oxygens (including phenoxy) is 3. The Bertz CT molecular complexity index is 2940. The highest BCUT2D eigenvalue weighted by molar-refractivity contribution is 6.31. The molecular formula is C55H63N5O18. The minimum atomic E-state index is -2.43. The van der Waals surface area contributed by atoms with E-state index < -0.39 is 156 Å². The second kappa shape index (κ2) is 23.2. The molecule has 23 heteroatoms. The van der Waals surface area contributed by atoms with Gasteiger partial charge in [-0.15, -0.1) is 6.58 Å². The van der Waals surface area contributed by atoms with E-state index in [-0.39, 0.29) is 66.1 Å². The summed E-state index contributed by atoms with van der Waals surface area (Å²) in [5, 5.41) is 73.8. The zero-order chi connectivity index (χ0) is 56.5. The number of benzene rings is 3. The van der Waals surface area contributed by atoms with Crippen molar-refractivity contribution in [1.82, 2.24) is 25.8 Å². The first-order valence-electron chi connectivity index (χ1n) is 25.7. The third-order valence-electron chi connectivity index (χ3n) is 15.5. The van der Waals surface area contributed by atoms with Crippen LogP contribution in [0, 0.1) is 5.92 Å². The van der Waals surface area contributed by atoms with E-state index in [1.807, 2.05) is 0 Å². The maximum atomic E-state index is 14.1. The van der Waals surface area contributed by atoms with Crippen LogP contribution in [0.5, 0.6) is 17.2 Å². The zero-order valence-corrected chi connectivity index (χ0v) is 43.2. The van der Waals surface area contributed by atoms with Gasteiger partial charge >= 0.3 is 5.97 Å². The molecule has 5 aliphatic rings. The third-order valence-corrected chi connectivity index (χ3v) is 15.5. The molecule has 8 rings (SSSR count). The van der Waals surface area contributed by atoms with E-state index in [1.165, 1.54) is 48.1 Å². The molecule has 2 aliphatic carbocycles. The number of carboxylic acids is 1. The lowest BCUT2D eigenvalue weighted by Gasteiger charge is -2.43. The number of likely N-dealkylation sites (tertiary alicyclic amines) is 2. The number of aliphatic hydroxyl groups is 3. The van der Waals surface area contributed by atoms with Crippen LogP contribution in [0.15, 0.2) is 55.1 Å². The van der Waals surface area contributed by atoms with Crippen LogP contribution < -0.4 is 20.7 Å². The number of carbonyl (C=O) groups excluding carboxylic acids is 8. The molecule has 10 atom stereocenters. The van der Waals surface area contributed by atoms with Gasteiger partial charge in [-0.05, 0) is 49.8 Å². The standard InChI is InChI=1S/C55H63N5O18/c1-5-26(2)46(58-53(73)34-11-7-17-59(34)38(63)19-28-13-15-29(16-14-28)20-40(65)66)54(74)56-24-39(64)60-18-8-10-33(60)52(72)57-32-21-41(77-27(3)47(32)67)78-36-23-55(75,37(62)25-61)22-31-43(36)51(71)45-44(49(31)69)48(68)30-9-6-12-35(76-4)42(30)50(45)70/h5-6,9,12-16,26-27,32-34,36,41,46-47,61,67,69,71,75H,1,7-8,10-11,17-25H2,2-4H3,(H,56,74)(H,57,72)(H,58,73)(H,65,66)/t26?,27?,32?,33-,34-,36-,41?,46-,47?,55-/m0/s1. The van der Waals surface area contributed by atoms with Gasteiger partial charge in [-0.25, -0.2) is 0 Å². The number of nitrogens with zero attached hydrogens (tertiary/aromatic N) is 2. The van der Waals surface area contributed by atoms with Crippen LogP contribution in [0.25, 0.3) is 0 Å². The minimum Gasteiger partial charge on any atom is -0.507 e. The fraction of sp³-hybridized carbons (Fsp3) is 0.473. The number of carbonyl (C=O) groups is 9. The van der Waals surface area contributed by atoms with Gasteiger partial charge < -0.3 is 70.6 Å². The number of aliphatic carboxylic acids is 1. The van der Waals surface area contributed by atoms with E-state index in [0.717, 1.165) is 0 Å². The molecule has 3 saturated heterocycles. The largest absolute Gasteiger partial charge is 0.507 e. The first-order valence-corrected chi connectivity index (χ1v) is 25.7. The summed E-state index contributed by atoms with van der Waals surface area (Å²) in [7, 11) is 1.28. The van der Waals surface area contributed by atoms with Gasteiger partial charge in [0.25, 0.3) is 0 Å². The molecule has 5 amide bonds. The number of aliphatic hydroxyl groups excluding tert-OH is 2. The summed E-state index contributed by atoms with van der Waals surface area (Å²) in [6.07, 6.45) is -4.28. The van der Waals surface area contributed by atoms with Crippen LogP contribution in [-0.2, 0) is 62.3 Å². The number of ketones is 3. The number of nitrogens with one attached hydrogen (secondary N) is 3. The summed E-state index contributed by atoms with van der Waals surface area (Å²) < 4.78 is 17.6. The molecule has 3 heterocycles. The highest BCUT2D eigenvalue weighted by atomic mass is 16.7. The van der Waals surface area contributed by atoms with E-state index >= 15 is 0 Å². The molecular weight excluding hydrogens is 1020 g/mol. The highest BCUT2D eigenvalue weighted by Gasteiger charge is 2.51. The topological polar surface area (TPSA) is 345 Å². The highest BCUT2D eigenvalue weighted by Crippen LogP contribution is 2.52. The van der Waals surface area contributed by atoms with Crippen molar-refractivity contribution in [3.63, 3.8) is 0 Å². The number of carboxylic acid groups (broad SMARTS) is 1. The molecule has 0 bridgehead atoms. The second-order valence-electron chi connectivity index (χ2n) is 20.5. The molecule has 0 spiro atoms. The van der Waals surface area contributed by atoms with Crippen molar-refractivity contribution in [1.29, 1.82) is 0 Å². The minimum absolute atomic E-state index is 0.0184. The fourth-order valence-electron chi connectivity index (χ4n) is 11.2. The Morgan fingerprint density at radius 2 is 1.51 bits per heavy atom. The van der Waals surface area contributed by atoms with Crippen LogP contribution in [0.3, 0.4) is 0 Å². The predicted octanol–water partition coefficient (Wildman–Crippen LogP) is 0.434. The molecule has 3 aromatic carbocycles. The van der Waals surface area contributed by atoms with E-state index in [4.69, 9.17) is 19.3 Å². The molecule has 0 radical (unpaired) electrons. The van der Waals surface area contributed by atoms with Crippen molar-refractivity contribution in [2.24, 2.45) is 5.92 Å². The monoisotopic (exact) mass is 1080 g/mol. The quantitative estimate of drug-likeness (QED) is 0.0482. The number of Topliss-reactive ketones (excluding diaryl/α,β-unsaturated/α-hetero) is 1. The first kappa shape index (κ1) is 56.6. The number of phenols is 2. The van der Waals surface area contributed by atoms with Crippen LogP contribution in [0.2, 0.25) is 0 Å². The third kappa shape index (κ3) is 11.1. The Labute approximate surface area is 447 Å². The summed E-state index contributed by atoms with van der Waals surface area (Å²) in [4.78, 5) is 124. The zero-order valence-electron chi connectivity index (χ0n) is 43.2. The van der Waals surface area contributed by atoms with Gasteiger partial charge in [0.1, 0.15) is 53.7 Å². The lowest BCUT2D eigenvalue weighted by molar-refractivity contribution is -0.249. The van der Waals surface area contributed by atoms with E-state index in [9.17, 15) is 68.7 Å². The Morgan fingerprint density at radius 1 is 0.885 bits per heavy atom. The summed E-state index contributed by atoms with van der Waals surface area (Å²) in [5.74, 6) is -8.93. The summed E-state index contributed by atoms with van der Waals surface area (Å²) in [6.45, 7) is 5.62. The van der Waals surface area contributed by atoms with Gasteiger partial charge in [-0.2, -0.15) is 0 Å². The normalized spacial score (nSPS) is 25.2. The van der Waals surface area contributed by atoms with E-state index in [1.54, 1.807) is 31.2 Å². The van der Waals surface area contributed by atoms with Crippen LogP contribution in [0.1, 0.15) is 113 Å². The molecule has 0 saturated carbocycles. The van der Waals surface area contributed by atoms with Crippen LogP contribution >= 0.6 is 0 Å². The van der Waals surface area contributed by atoms with Crippen LogP contribution in [-0.4, -0.2) is 175 Å². The van der Waals surface area contributed by atoms with Gasteiger partial charge in [-0.3, -0.25) is 43.2 Å². The summed E-state index contributed by atoms with van der Waals surface area (Å²) in [5.41, 5.74) is -3.26. The number of methoxy groups -OCH3 is 1. The van der Waals surface area contributed by atoms with Crippen molar-refractivity contribution < 1.29 is 88.0 Å². The number of fused-ring (bicyclic) bond motifs is 3. The molecule has 3 fully saturated rings. The SMILES string of the molecule is C=CC(C)[C@H](NC(=O)[C@@H]1CCCN1C(=O)Cc1ccc(CC(=O)O)cc1)C(=O)NCC(=O)N1CCC[C@H]1C(=O)NC1CC(O[C@H]2C[C@](O)(C(=O)CO)Cc3c(O)c4c(c(O)c32)C(=O)c2c(OC)cccc2C4=O)OC(C)C1O. The van der Waals surface area contributed by atoms with E-state index in [0.29, 0.717) is 36.9 Å². The van der Waals surface area contributed by atoms with Gasteiger partial charge in [-0.1, -0.05) is 49.4 Å². The van der Waals surface area contributed by atoms with Crippen molar-refractivity contribution >= 4 is 52.9 Å². The molecule has 416 valence electrons. The maximum absolute atomic E-state index is 14.1. The summed E-state index contributed by atoms with van der Waals surface area (Å²) in [6, 6.07) is 6.53. The lowest BCUT2D eigenvalue weighted by Crippen LogP contribution is -2.59. The van der Waals surface area contributed by atoms with Crippen molar-refractivity contribution in [3.05, 3.63) is 99.6 Å². The maximum Gasteiger partial charge on any atom is 0.307 e. The predicted molar refractivity (Wildman–Crippen MR) is 271 cm³/mol. The first-order chi connectivity index (χ1) is 37.1. The number of amides is 5. The molecule has 3 aliphatic heterocycles. The number of hydrogen-bond donors (Lipinski definition) is 9. The molecule has 78 heavy (non-hydrogen) atoms. The lowest BCUT2D eigenvalue weighted by atomic mass is 9.72. The van der Waals surface area contributed by atoms with Crippen molar-refractivity contribution in [2.75, 3.05) is 33.4 Å². The van der Waals surface area contributed by atoms with Crippen molar-refractivity contribution in [3.8, 4) is 17.2 Å². The summed E-state index contributed by atoms with van der Waals surface area (Å²) >= 11 is 0. The number of phenolic OH excluding ortho intramolecular Hbond substituents is 2. The van der Waals surface area contributed by atoms with Gasteiger partial charge in [0.2, 0.25) is 35.3 Å². The average molecular weight is 1080 g/mol. The number of aromatic hydroxyl groups is 2. The van der Waals surface area contributed by atoms with Crippen LogP contribution in [0.4, 0.5) is 0 Å². The Kier molecular flexibility index (Phi) is 16.8. The molecule has 3 aromatic rings. The molecule has 5 unspecified atom stereocenters. The number of hydrogen-bond acceptors (Lipinski definition) is 17. The molecule has 23 nitrogen and oxygen atoms in total. The average Bonchev–Trinajstić information content (AvgIpc) is 4.22. The number of rotatable bonds is 18. The van der Waals surface area contributed by atoms with Crippen molar-refractivity contribution in [2.45, 2.75) is 126 Å².